The third-order valence-corrected chi connectivity index (χ3v) is 4.17. The van der Waals surface area contributed by atoms with Gasteiger partial charge in [0, 0.05) is 30.5 Å². The van der Waals surface area contributed by atoms with E-state index in [1.165, 1.54) is 11.1 Å². The van der Waals surface area contributed by atoms with E-state index in [4.69, 9.17) is 0 Å². The summed E-state index contributed by atoms with van der Waals surface area (Å²) in [5.41, 5.74) is 4.50. The second-order valence-corrected chi connectivity index (χ2v) is 5.80. The van der Waals surface area contributed by atoms with Crippen LogP contribution in [0.2, 0.25) is 0 Å². The summed E-state index contributed by atoms with van der Waals surface area (Å²) in [6.45, 7) is 5.28. The van der Waals surface area contributed by atoms with E-state index in [1.54, 1.807) is 4.57 Å². The van der Waals surface area contributed by atoms with Gasteiger partial charge in [0.25, 0.3) is 0 Å². The first-order chi connectivity index (χ1) is 10.1. The first kappa shape index (κ1) is 14.0. The SMILES string of the molecule is Cc1cc(C)n(CCNC2Cc3ccccc3C2)c(=O)n1. The van der Waals surface area contributed by atoms with E-state index >= 15 is 0 Å². The van der Waals surface area contributed by atoms with Crippen molar-refractivity contribution in [1.29, 1.82) is 0 Å². The van der Waals surface area contributed by atoms with Gasteiger partial charge in [-0.05, 0) is 43.9 Å². The quantitative estimate of drug-likeness (QED) is 0.927. The largest absolute Gasteiger partial charge is 0.347 e. The van der Waals surface area contributed by atoms with Crippen LogP contribution in [0.1, 0.15) is 22.5 Å². The minimum absolute atomic E-state index is 0.149. The molecule has 0 unspecified atom stereocenters. The van der Waals surface area contributed by atoms with Crippen LogP contribution in [-0.2, 0) is 19.4 Å². The molecule has 110 valence electrons. The maximum Gasteiger partial charge on any atom is 0.347 e. The molecular formula is C17H21N3O. The molecule has 0 aliphatic heterocycles. The molecule has 1 aromatic carbocycles. The number of fused-ring (bicyclic) bond motifs is 1. The first-order valence-electron chi connectivity index (χ1n) is 7.49. The Hall–Kier alpha value is -1.94. The van der Waals surface area contributed by atoms with E-state index in [-0.39, 0.29) is 5.69 Å². The monoisotopic (exact) mass is 283 g/mol. The number of nitrogens with zero attached hydrogens (tertiary/aromatic N) is 2. The molecule has 4 heteroatoms. The van der Waals surface area contributed by atoms with Gasteiger partial charge in [-0.25, -0.2) is 4.79 Å². The standard InChI is InChI=1S/C17H21N3O/c1-12-9-13(2)20(17(21)19-12)8-7-18-16-10-14-5-3-4-6-15(14)11-16/h3-6,9,16,18H,7-8,10-11H2,1-2H3. The molecule has 3 rings (SSSR count). The Morgan fingerprint density at radius 2 is 1.90 bits per heavy atom. The molecule has 1 aliphatic carbocycles. The molecule has 0 amide bonds. The molecule has 21 heavy (non-hydrogen) atoms. The van der Waals surface area contributed by atoms with Crippen molar-refractivity contribution >= 4 is 0 Å². The zero-order chi connectivity index (χ0) is 14.8. The summed E-state index contributed by atoms with van der Waals surface area (Å²) in [5, 5.41) is 3.56. The Balaban J connectivity index is 1.58. The van der Waals surface area contributed by atoms with Crippen molar-refractivity contribution in [1.82, 2.24) is 14.9 Å². The van der Waals surface area contributed by atoms with Crippen LogP contribution in [0.4, 0.5) is 0 Å². The zero-order valence-electron chi connectivity index (χ0n) is 12.6. The molecule has 1 aromatic heterocycles. The Bertz CT molecular complexity index is 680. The van der Waals surface area contributed by atoms with E-state index in [0.29, 0.717) is 12.6 Å². The average Bonchev–Trinajstić information content (AvgIpc) is 2.84. The summed E-state index contributed by atoms with van der Waals surface area (Å²) >= 11 is 0. The van der Waals surface area contributed by atoms with E-state index < -0.39 is 0 Å². The summed E-state index contributed by atoms with van der Waals surface area (Å²) in [4.78, 5) is 15.9. The van der Waals surface area contributed by atoms with Gasteiger partial charge >= 0.3 is 5.69 Å². The van der Waals surface area contributed by atoms with E-state index in [0.717, 1.165) is 30.8 Å². The molecule has 0 saturated heterocycles. The maximum atomic E-state index is 11.9. The molecule has 0 atom stereocenters. The van der Waals surface area contributed by atoms with Gasteiger partial charge in [0.1, 0.15) is 0 Å². The predicted molar refractivity (Wildman–Crippen MR) is 83.6 cm³/mol. The zero-order valence-corrected chi connectivity index (χ0v) is 12.6. The number of nitrogens with one attached hydrogen (secondary N) is 1. The molecule has 4 nitrogen and oxygen atoms in total. The third kappa shape index (κ3) is 3.05. The Morgan fingerprint density at radius 3 is 2.52 bits per heavy atom. The van der Waals surface area contributed by atoms with Crippen LogP contribution in [0.5, 0.6) is 0 Å². The lowest BCUT2D eigenvalue weighted by Gasteiger charge is -2.14. The minimum atomic E-state index is -0.149. The number of benzene rings is 1. The van der Waals surface area contributed by atoms with Crippen molar-refractivity contribution in [2.45, 2.75) is 39.3 Å². The van der Waals surface area contributed by atoms with Crippen molar-refractivity contribution in [2.75, 3.05) is 6.54 Å². The summed E-state index contributed by atoms with van der Waals surface area (Å²) in [7, 11) is 0. The van der Waals surface area contributed by atoms with Crippen LogP contribution in [-0.4, -0.2) is 22.1 Å². The van der Waals surface area contributed by atoms with E-state index in [2.05, 4.69) is 34.6 Å². The molecule has 2 aromatic rings. The highest BCUT2D eigenvalue weighted by Gasteiger charge is 2.19. The lowest BCUT2D eigenvalue weighted by Crippen LogP contribution is -2.35. The predicted octanol–water partition coefficient (Wildman–Crippen LogP) is 1.62. The maximum absolute atomic E-state index is 11.9. The van der Waals surface area contributed by atoms with Gasteiger partial charge in [0.15, 0.2) is 0 Å². The van der Waals surface area contributed by atoms with Gasteiger partial charge < -0.3 is 5.32 Å². The summed E-state index contributed by atoms with van der Waals surface area (Å²) in [6.07, 6.45) is 2.16. The fourth-order valence-electron chi connectivity index (χ4n) is 3.13. The van der Waals surface area contributed by atoms with Crippen LogP contribution in [0.25, 0.3) is 0 Å². The molecule has 1 N–H and O–H groups in total. The number of hydrogen-bond donors (Lipinski definition) is 1. The summed E-state index contributed by atoms with van der Waals surface area (Å²) < 4.78 is 1.74. The molecule has 1 heterocycles. The van der Waals surface area contributed by atoms with Crippen molar-refractivity contribution in [3.05, 3.63) is 63.3 Å². The molecule has 0 fully saturated rings. The van der Waals surface area contributed by atoms with Crippen molar-refractivity contribution in [2.24, 2.45) is 0 Å². The molecular weight excluding hydrogens is 262 g/mol. The van der Waals surface area contributed by atoms with Gasteiger partial charge in [-0.1, -0.05) is 24.3 Å². The molecule has 0 saturated carbocycles. The number of aromatic nitrogens is 2. The molecule has 0 spiro atoms. The van der Waals surface area contributed by atoms with Crippen molar-refractivity contribution in [3.8, 4) is 0 Å². The highest BCUT2D eigenvalue weighted by molar-refractivity contribution is 5.33. The Morgan fingerprint density at radius 1 is 1.24 bits per heavy atom. The van der Waals surface area contributed by atoms with Gasteiger partial charge in [-0.3, -0.25) is 4.57 Å². The van der Waals surface area contributed by atoms with Gasteiger partial charge in [-0.15, -0.1) is 0 Å². The lowest BCUT2D eigenvalue weighted by molar-refractivity contribution is 0.490. The second-order valence-electron chi connectivity index (χ2n) is 5.80. The summed E-state index contributed by atoms with van der Waals surface area (Å²) in [5.74, 6) is 0. The first-order valence-corrected chi connectivity index (χ1v) is 7.49. The average molecular weight is 283 g/mol. The van der Waals surface area contributed by atoms with Gasteiger partial charge in [0.2, 0.25) is 0 Å². The highest BCUT2D eigenvalue weighted by Crippen LogP contribution is 2.21. The Kier molecular flexibility index (Phi) is 3.88. The Labute approximate surface area is 124 Å². The van der Waals surface area contributed by atoms with Gasteiger partial charge in [0.05, 0.1) is 0 Å². The van der Waals surface area contributed by atoms with Crippen LogP contribution < -0.4 is 11.0 Å². The summed E-state index contributed by atoms with van der Waals surface area (Å²) in [6, 6.07) is 11.0. The normalized spacial score (nSPS) is 14.4. The smallest absolute Gasteiger partial charge is 0.312 e. The van der Waals surface area contributed by atoms with E-state index in [9.17, 15) is 4.79 Å². The van der Waals surface area contributed by atoms with Crippen LogP contribution in [0.15, 0.2) is 35.1 Å². The van der Waals surface area contributed by atoms with Crippen molar-refractivity contribution in [3.63, 3.8) is 0 Å². The lowest BCUT2D eigenvalue weighted by atomic mass is 10.1. The minimum Gasteiger partial charge on any atom is -0.312 e. The highest BCUT2D eigenvalue weighted by atomic mass is 16.1. The second kappa shape index (κ2) is 5.82. The number of aryl methyl sites for hydroxylation is 2. The number of hydrogen-bond acceptors (Lipinski definition) is 3. The fraction of sp³-hybridized carbons (Fsp3) is 0.412. The molecule has 0 bridgehead atoms. The van der Waals surface area contributed by atoms with Crippen LogP contribution >= 0.6 is 0 Å². The van der Waals surface area contributed by atoms with E-state index in [1.807, 2.05) is 19.9 Å². The fourth-order valence-corrected chi connectivity index (χ4v) is 3.13. The van der Waals surface area contributed by atoms with Gasteiger partial charge in [-0.2, -0.15) is 4.98 Å². The van der Waals surface area contributed by atoms with Crippen LogP contribution in [0, 0.1) is 13.8 Å². The molecule has 0 radical (unpaired) electrons. The molecule has 1 aliphatic rings. The topological polar surface area (TPSA) is 46.9 Å². The number of rotatable bonds is 4. The third-order valence-electron chi connectivity index (χ3n) is 4.17. The van der Waals surface area contributed by atoms with Crippen molar-refractivity contribution < 1.29 is 0 Å². The van der Waals surface area contributed by atoms with Crippen LogP contribution in [0.3, 0.4) is 0 Å².